The zero-order chi connectivity index (χ0) is 17.9. The fourth-order valence-electron chi connectivity index (χ4n) is 4.05. The Morgan fingerprint density at radius 3 is 2.65 bits per heavy atom. The van der Waals surface area contributed by atoms with Gasteiger partial charge in [-0.2, -0.15) is 0 Å². The van der Waals surface area contributed by atoms with Gasteiger partial charge in [-0.25, -0.2) is 4.79 Å². The molecule has 1 saturated carbocycles. The van der Waals surface area contributed by atoms with E-state index in [2.05, 4.69) is 28.5 Å². The van der Waals surface area contributed by atoms with Crippen molar-refractivity contribution in [3.63, 3.8) is 0 Å². The second-order valence-corrected chi connectivity index (χ2v) is 7.39. The Morgan fingerprint density at radius 1 is 1.12 bits per heavy atom. The summed E-state index contributed by atoms with van der Waals surface area (Å²) in [5, 5.41) is 12.5. The quantitative estimate of drug-likeness (QED) is 0.835. The first-order valence-corrected chi connectivity index (χ1v) is 9.47. The Balaban J connectivity index is 1.36. The number of anilines is 1. The molecule has 0 radical (unpaired) electrons. The van der Waals surface area contributed by atoms with Crippen LogP contribution in [0.15, 0.2) is 36.5 Å². The van der Waals surface area contributed by atoms with Crippen molar-refractivity contribution in [2.24, 2.45) is 0 Å². The molecule has 5 heteroatoms. The summed E-state index contributed by atoms with van der Waals surface area (Å²) in [6.07, 6.45) is 7.82. The highest BCUT2D eigenvalue weighted by Crippen LogP contribution is 2.32. The van der Waals surface area contributed by atoms with E-state index in [4.69, 9.17) is 5.11 Å². The van der Waals surface area contributed by atoms with E-state index in [9.17, 15) is 4.79 Å². The first-order chi connectivity index (χ1) is 12.7. The summed E-state index contributed by atoms with van der Waals surface area (Å²) in [5.74, 6) is 0.687. The van der Waals surface area contributed by atoms with Crippen molar-refractivity contribution in [2.75, 3.05) is 5.32 Å². The van der Waals surface area contributed by atoms with Gasteiger partial charge in [0.05, 0.1) is 12.2 Å². The van der Waals surface area contributed by atoms with Crippen LogP contribution in [-0.2, 0) is 19.6 Å². The molecule has 1 aliphatic carbocycles. The Hall–Kier alpha value is -2.56. The lowest BCUT2D eigenvalue weighted by molar-refractivity contribution is 0.145. The summed E-state index contributed by atoms with van der Waals surface area (Å²) >= 11 is 0. The van der Waals surface area contributed by atoms with Crippen LogP contribution in [0.4, 0.5) is 10.5 Å². The highest BCUT2D eigenvalue weighted by molar-refractivity contribution is 5.67. The number of aromatic nitrogens is 1. The van der Waals surface area contributed by atoms with Gasteiger partial charge >= 0.3 is 6.09 Å². The number of hydrogen-bond acceptors (Lipinski definition) is 3. The van der Waals surface area contributed by atoms with Gasteiger partial charge in [-0.05, 0) is 53.6 Å². The molecule has 2 N–H and O–H groups in total. The average molecular weight is 351 g/mol. The summed E-state index contributed by atoms with van der Waals surface area (Å²) in [6, 6.07) is 10.4. The van der Waals surface area contributed by atoms with Crippen molar-refractivity contribution >= 4 is 11.8 Å². The fraction of sp³-hybridized carbons (Fsp3) is 0.429. The monoisotopic (exact) mass is 351 g/mol. The Labute approximate surface area is 154 Å². The molecule has 1 amide bonds. The van der Waals surface area contributed by atoms with Crippen LogP contribution in [0.1, 0.15) is 60.4 Å². The van der Waals surface area contributed by atoms with E-state index < -0.39 is 6.09 Å². The molecule has 4 rings (SSSR count). The van der Waals surface area contributed by atoms with Crippen molar-refractivity contribution in [1.82, 2.24) is 9.88 Å². The molecule has 2 heterocycles. The molecule has 0 spiro atoms. The van der Waals surface area contributed by atoms with Gasteiger partial charge in [-0.1, -0.05) is 31.4 Å². The number of nitrogens with zero attached hydrogens (tertiary/aromatic N) is 2. The van der Waals surface area contributed by atoms with Gasteiger partial charge in [0.1, 0.15) is 0 Å². The highest BCUT2D eigenvalue weighted by Gasteiger charge is 2.22. The van der Waals surface area contributed by atoms with Gasteiger partial charge < -0.3 is 10.4 Å². The number of hydrogen-bond donors (Lipinski definition) is 2. The SMILES string of the molecule is O=C(O)N1Cc2ccc(NCc3ccc(C4CCCCC4)cn3)cc2C1. The maximum absolute atomic E-state index is 11.1. The lowest BCUT2D eigenvalue weighted by Crippen LogP contribution is -2.22. The van der Waals surface area contributed by atoms with E-state index in [1.165, 1.54) is 42.6 Å². The van der Waals surface area contributed by atoms with Crippen LogP contribution in [-0.4, -0.2) is 21.1 Å². The second kappa shape index (κ2) is 7.36. The van der Waals surface area contributed by atoms with Crippen LogP contribution in [0, 0.1) is 0 Å². The second-order valence-electron chi connectivity index (χ2n) is 7.39. The summed E-state index contributed by atoms with van der Waals surface area (Å²) in [5.41, 5.74) is 5.58. The van der Waals surface area contributed by atoms with Gasteiger partial charge in [0.15, 0.2) is 0 Å². The third-order valence-corrected chi connectivity index (χ3v) is 5.60. The van der Waals surface area contributed by atoms with Crippen LogP contribution in [0.3, 0.4) is 0 Å². The smallest absolute Gasteiger partial charge is 0.407 e. The number of benzene rings is 1. The van der Waals surface area contributed by atoms with Gasteiger partial charge in [0.25, 0.3) is 0 Å². The molecule has 0 unspecified atom stereocenters. The maximum atomic E-state index is 11.1. The average Bonchev–Trinajstić information content (AvgIpc) is 3.11. The molecule has 1 aromatic carbocycles. The van der Waals surface area contributed by atoms with Crippen molar-refractivity contribution in [3.05, 3.63) is 58.9 Å². The van der Waals surface area contributed by atoms with Crippen LogP contribution in [0.2, 0.25) is 0 Å². The maximum Gasteiger partial charge on any atom is 0.407 e. The normalized spacial score (nSPS) is 17.2. The Kier molecular flexibility index (Phi) is 4.78. The van der Waals surface area contributed by atoms with E-state index in [1.807, 2.05) is 18.3 Å². The topological polar surface area (TPSA) is 65.5 Å². The molecule has 2 aromatic rings. The third-order valence-electron chi connectivity index (χ3n) is 5.60. The zero-order valence-electron chi connectivity index (χ0n) is 14.9. The first kappa shape index (κ1) is 16.9. The first-order valence-electron chi connectivity index (χ1n) is 9.47. The van der Waals surface area contributed by atoms with Gasteiger partial charge in [0, 0.05) is 25.0 Å². The third kappa shape index (κ3) is 3.66. The van der Waals surface area contributed by atoms with E-state index >= 15 is 0 Å². The molecule has 5 nitrogen and oxygen atoms in total. The molecular formula is C21H25N3O2. The molecule has 1 aliphatic heterocycles. The summed E-state index contributed by atoms with van der Waals surface area (Å²) in [4.78, 5) is 17.2. The molecule has 2 aliphatic rings. The van der Waals surface area contributed by atoms with Crippen molar-refractivity contribution in [1.29, 1.82) is 0 Å². The number of carboxylic acid groups (broad SMARTS) is 1. The number of rotatable bonds is 4. The number of nitrogens with one attached hydrogen (secondary N) is 1. The number of pyridine rings is 1. The molecule has 1 fully saturated rings. The molecule has 0 atom stereocenters. The Bertz CT molecular complexity index is 782. The predicted molar refractivity (Wildman–Crippen MR) is 101 cm³/mol. The highest BCUT2D eigenvalue weighted by atomic mass is 16.4. The van der Waals surface area contributed by atoms with E-state index in [0.29, 0.717) is 25.6 Å². The summed E-state index contributed by atoms with van der Waals surface area (Å²) in [6.45, 7) is 1.62. The van der Waals surface area contributed by atoms with E-state index in [-0.39, 0.29) is 0 Å². The molecule has 136 valence electrons. The van der Waals surface area contributed by atoms with Gasteiger partial charge in [0.2, 0.25) is 0 Å². The minimum atomic E-state index is -0.863. The van der Waals surface area contributed by atoms with E-state index in [1.54, 1.807) is 0 Å². The van der Waals surface area contributed by atoms with Crippen LogP contribution < -0.4 is 5.32 Å². The van der Waals surface area contributed by atoms with Gasteiger partial charge in [-0.3, -0.25) is 9.88 Å². The zero-order valence-corrected chi connectivity index (χ0v) is 14.9. The Morgan fingerprint density at radius 2 is 1.92 bits per heavy atom. The lowest BCUT2D eigenvalue weighted by atomic mass is 9.85. The largest absolute Gasteiger partial charge is 0.465 e. The molecule has 0 saturated heterocycles. The fourth-order valence-corrected chi connectivity index (χ4v) is 4.05. The molecule has 26 heavy (non-hydrogen) atoms. The molecular weight excluding hydrogens is 326 g/mol. The van der Waals surface area contributed by atoms with Gasteiger partial charge in [-0.15, -0.1) is 0 Å². The van der Waals surface area contributed by atoms with Crippen molar-refractivity contribution in [3.8, 4) is 0 Å². The number of fused-ring (bicyclic) bond motifs is 1. The van der Waals surface area contributed by atoms with Crippen LogP contribution in [0.5, 0.6) is 0 Å². The van der Waals surface area contributed by atoms with Crippen LogP contribution >= 0.6 is 0 Å². The summed E-state index contributed by atoms with van der Waals surface area (Å²) in [7, 11) is 0. The minimum Gasteiger partial charge on any atom is -0.465 e. The summed E-state index contributed by atoms with van der Waals surface area (Å²) < 4.78 is 0. The van der Waals surface area contributed by atoms with Crippen LogP contribution in [0.25, 0.3) is 0 Å². The number of carbonyl (C=O) groups is 1. The number of amides is 1. The standard InChI is InChI=1S/C21H25N3O2/c25-21(26)24-13-17-7-8-19(10-18(17)14-24)23-12-20-9-6-16(11-22-20)15-4-2-1-3-5-15/h6-11,15,23H,1-5,12-14H2,(H,25,26). The minimum absolute atomic E-state index is 0.467. The van der Waals surface area contributed by atoms with Crippen molar-refractivity contribution in [2.45, 2.75) is 57.7 Å². The van der Waals surface area contributed by atoms with Crippen molar-refractivity contribution < 1.29 is 9.90 Å². The predicted octanol–water partition coefficient (Wildman–Crippen LogP) is 4.74. The molecule has 1 aromatic heterocycles. The van der Waals surface area contributed by atoms with E-state index in [0.717, 1.165) is 22.5 Å². The lowest BCUT2D eigenvalue weighted by Gasteiger charge is -2.21. The molecule has 0 bridgehead atoms.